The maximum absolute atomic E-state index is 11.3. The summed E-state index contributed by atoms with van der Waals surface area (Å²) in [6.07, 6.45) is 0.882. The Morgan fingerprint density at radius 3 is 2.37 bits per heavy atom. The number of methoxy groups -OCH3 is 2. The van der Waals surface area contributed by atoms with E-state index in [-0.39, 0.29) is 11.9 Å². The second-order valence-electron chi connectivity index (χ2n) is 4.77. The molecule has 2 N–H and O–H groups in total. The average Bonchev–Trinajstić information content (AvgIpc) is 2.44. The zero-order chi connectivity index (χ0) is 14.0. The third kappa shape index (κ3) is 2.66. The lowest BCUT2D eigenvalue weighted by Gasteiger charge is -2.32. The largest absolute Gasteiger partial charge is 0.493 e. The molecule has 1 heterocycles. The molecule has 104 valence electrons. The molecule has 1 aromatic rings. The second kappa shape index (κ2) is 5.48. The van der Waals surface area contributed by atoms with Gasteiger partial charge in [-0.2, -0.15) is 0 Å². The van der Waals surface area contributed by atoms with E-state index in [4.69, 9.17) is 15.2 Å². The highest BCUT2D eigenvalue weighted by Crippen LogP contribution is 2.33. The molecule has 0 saturated heterocycles. The number of ether oxygens (including phenoxy) is 2. The van der Waals surface area contributed by atoms with Gasteiger partial charge in [0.15, 0.2) is 11.5 Å². The third-order valence-corrected chi connectivity index (χ3v) is 3.71. The van der Waals surface area contributed by atoms with E-state index in [1.165, 1.54) is 5.56 Å². The number of benzene rings is 1. The zero-order valence-corrected chi connectivity index (χ0v) is 11.6. The maximum Gasteiger partial charge on any atom is 0.234 e. The van der Waals surface area contributed by atoms with E-state index in [1.54, 1.807) is 14.2 Å². The molecule has 0 aromatic heterocycles. The maximum atomic E-state index is 11.3. The van der Waals surface area contributed by atoms with Gasteiger partial charge in [-0.3, -0.25) is 9.69 Å². The van der Waals surface area contributed by atoms with Crippen LogP contribution in [0.1, 0.15) is 18.1 Å². The lowest BCUT2D eigenvalue weighted by molar-refractivity contribution is -0.123. The molecule has 0 spiro atoms. The van der Waals surface area contributed by atoms with Crippen LogP contribution in [0.2, 0.25) is 0 Å². The highest BCUT2D eigenvalue weighted by molar-refractivity contribution is 5.79. The van der Waals surface area contributed by atoms with Crippen LogP contribution in [0, 0.1) is 0 Å². The molecule has 0 fully saturated rings. The second-order valence-corrected chi connectivity index (χ2v) is 4.77. The van der Waals surface area contributed by atoms with Crippen molar-refractivity contribution in [2.75, 3.05) is 20.8 Å². The minimum Gasteiger partial charge on any atom is -0.493 e. The van der Waals surface area contributed by atoms with Crippen LogP contribution in [0.25, 0.3) is 0 Å². The van der Waals surface area contributed by atoms with Crippen LogP contribution in [0.5, 0.6) is 11.5 Å². The Bertz CT molecular complexity index is 488. The molecule has 5 heteroatoms. The quantitative estimate of drug-likeness (QED) is 0.879. The van der Waals surface area contributed by atoms with Crippen LogP contribution in [0.3, 0.4) is 0 Å². The zero-order valence-electron chi connectivity index (χ0n) is 11.6. The van der Waals surface area contributed by atoms with Crippen molar-refractivity contribution in [3.8, 4) is 11.5 Å². The first-order chi connectivity index (χ1) is 9.06. The van der Waals surface area contributed by atoms with Crippen molar-refractivity contribution in [2.24, 2.45) is 5.73 Å². The summed E-state index contributed by atoms with van der Waals surface area (Å²) in [6.45, 7) is 3.38. The van der Waals surface area contributed by atoms with Crippen LogP contribution >= 0.6 is 0 Å². The van der Waals surface area contributed by atoms with Crippen LogP contribution in [0.15, 0.2) is 12.1 Å². The standard InChI is InChI=1S/C14H20N2O3/c1-9(14(15)17)16-5-4-10-6-12(18-2)13(19-3)7-11(10)8-16/h6-7,9H,4-5,8H2,1-3H3,(H2,15,17)/t9-/m0/s1. The lowest BCUT2D eigenvalue weighted by Crippen LogP contribution is -2.45. The van der Waals surface area contributed by atoms with Gasteiger partial charge in [0.2, 0.25) is 5.91 Å². The van der Waals surface area contributed by atoms with Gasteiger partial charge in [-0.15, -0.1) is 0 Å². The Morgan fingerprint density at radius 1 is 1.26 bits per heavy atom. The Labute approximate surface area is 113 Å². The molecule has 1 amide bonds. The summed E-state index contributed by atoms with van der Waals surface area (Å²) in [5.74, 6) is 1.18. The van der Waals surface area contributed by atoms with Gasteiger partial charge in [-0.25, -0.2) is 0 Å². The van der Waals surface area contributed by atoms with Crippen LogP contribution in [0.4, 0.5) is 0 Å². The molecule has 1 aliphatic rings. The van der Waals surface area contributed by atoms with Gasteiger partial charge in [-0.05, 0) is 36.6 Å². The number of carbonyl (C=O) groups is 1. The summed E-state index contributed by atoms with van der Waals surface area (Å²) in [5.41, 5.74) is 7.77. The number of carbonyl (C=O) groups excluding carboxylic acids is 1. The van der Waals surface area contributed by atoms with Crippen molar-refractivity contribution in [2.45, 2.75) is 25.9 Å². The number of primary amides is 1. The molecule has 1 aromatic carbocycles. The fourth-order valence-corrected chi connectivity index (χ4v) is 2.42. The minimum absolute atomic E-state index is 0.249. The van der Waals surface area contributed by atoms with Gasteiger partial charge < -0.3 is 15.2 Å². The van der Waals surface area contributed by atoms with Crippen molar-refractivity contribution >= 4 is 5.91 Å². The molecule has 5 nitrogen and oxygen atoms in total. The number of nitrogens with two attached hydrogens (primary N) is 1. The number of hydrogen-bond donors (Lipinski definition) is 1. The van der Waals surface area contributed by atoms with Gasteiger partial charge in [0, 0.05) is 13.1 Å². The lowest BCUT2D eigenvalue weighted by atomic mass is 9.97. The molecular weight excluding hydrogens is 244 g/mol. The first-order valence-electron chi connectivity index (χ1n) is 6.34. The molecule has 1 aliphatic heterocycles. The van der Waals surface area contributed by atoms with Crippen LogP contribution < -0.4 is 15.2 Å². The minimum atomic E-state index is -0.288. The summed E-state index contributed by atoms with van der Waals surface area (Å²) >= 11 is 0. The monoisotopic (exact) mass is 264 g/mol. The van der Waals surface area contributed by atoms with Crippen molar-refractivity contribution in [3.05, 3.63) is 23.3 Å². The summed E-state index contributed by atoms with van der Waals surface area (Å²) in [6, 6.07) is 3.75. The van der Waals surface area contributed by atoms with E-state index in [9.17, 15) is 4.79 Å². The molecule has 0 saturated carbocycles. The molecule has 2 rings (SSSR count). The van der Waals surface area contributed by atoms with E-state index in [0.717, 1.165) is 30.0 Å². The highest BCUT2D eigenvalue weighted by Gasteiger charge is 2.25. The van der Waals surface area contributed by atoms with Crippen molar-refractivity contribution < 1.29 is 14.3 Å². The highest BCUT2D eigenvalue weighted by atomic mass is 16.5. The molecule has 19 heavy (non-hydrogen) atoms. The van der Waals surface area contributed by atoms with Gasteiger partial charge in [-0.1, -0.05) is 0 Å². The first kappa shape index (κ1) is 13.7. The smallest absolute Gasteiger partial charge is 0.234 e. The number of amides is 1. The molecule has 1 atom stereocenters. The Kier molecular flexibility index (Phi) is 3.95. The summed E-state index contributed by atoms with van der Waals surface area (Å²) in [4.78, 5) is 13.3. The van der Waals surface area contributed by atoms with E-state index in [1.807, 2.05) is 19.1 Å². The summed E-state index contributed by atoms with van der Waals surface area (Å²) in [5, 5.41) is 0. The molecule has 0 aliphatic carbocycles. The number of rotatable bonds is 4. The SMILES string of the molecule is COc1cc2c(cc1OC)CN([C@@H](C)C(N)=O)CC2. The molecule has 0 radical (unpaired) electrons. The predicted octanol–water partition coefficient (Wildman–Crippen LogP) is 0.936. The van der Waals surface area contributed by atoms with Gasteiger partial charge in [0.1, 0.15) is 0 Å². The van der Waals surface area contributed by atoms with Crippen molar-refractivity contribution in [1.82, 2.24) is 4.90 Å². The number of hydrogen-bond acceptors (Lipinski definition) is 4. The Balaban J connectivity index is 2.27. The van der Waals surface area contributed by atoms with Crippen LogP contribution in [-0.4, -0.2) is 37.6 Å². The van der Waals surface area contributed by atoms with Gasteiger partial charge >= 0.3 is 0 Å². The van der Waals surface area contributed by atoms with Crippen molar-refractivity contribution in [3.63, 3.8) is 0 Å². The molecular formula is C14H20N2O3. The fraction of sp³-hybridized carbons (Fsp3) is 0.500. The first-order valence-corrected chi connectivity index (χ1v) is 6.34. The van der Waals surface area contributed by atoms with E-state index in [2.05, 4.69) is 4.90 Å². The molecule has 0 bridgehead atoms. The average molecular weight is 264 g/mol. The van der Waals surface area contributed by atoms with Gasteiger partial charge in [0.05, 0.1) is 20.3 Å². The topological polar surface area (TPSA) is 64.8 Å². The third-order valence-electron chi connectivity index (χ3n) is 3.71. The summed E-state index contributed by atoms with van der Waals surface area (Å²) in [7, 11) is 3.26. The van der Waals surface area contributed by atoms with E-state index < -0.39 is 0 Å². The van der Waals surface area contributed by atoms with E-state index >= 15 is 0 Å². The molecule has 0 unspecified atom stereocenters. The van der Waals surface area contributed by atoms with Crippen molar-refractivity contribution in [1.29, 1.82) is 0 Å². The Morgan fingerprint density at radius 2 is 1.84 bits per heavy atom. The van der Waals surface area contributed by atoms with Crippen LogP contribution in [-0.2, 0) is 17.8 Å². The normalized spacial score (nSPS) is 16.6. The summed E-state index contributed by atoms with van der Waals surface area (Å²) < 4.78 is 10.6. The fourth-order valence-electron chi connectivity index (χ4n) is 2.42. The number of nitrogens with zero attached hydrogens (tertiary/aromatic N) is 1. The Hall–Kier alpha value is -1.75. The number of fused-ring (bicyclic) bond motifs is 1. The van der Waals surface area contributed by atoms with E-state index in [0.29, 0.717) is 6.54 Å². The predicted molar refractivity (Wildman–Crippen MR) is 72.3 cm³/mol. The van der Waals surface area contributed by atoms with Gasteiger partial charge in [0.25, 0.3) is 0 Å².